The molecule has 1 N–H and O–H groups in total. The maximum absolute atomic E-state index is 12.1. The van der Waals surface area contributed by atoms with Crippen LogP contribution in [0.4, 0.5) is 0 Å². The van der Waals surface area contributed by atoms with Gasteiger partial charge in [0, 0.05) is 6.61 Å². The Hall–Kier alpha value is -0.840. The lowest BCUT2D eigenvalue weighted by atomic mass is 9.94. The van der Waals surface area contributed by atoms with E-state index in [1.807, 2.05) is 6.92 Å². The highest BCUT2D eigenvalue weighted by Gasteiger charge is 2.30. The van der Waals surface area contributed by atoms with Gasteiger partial charge < -0.3 is 10.1 Å². The lowest BCUT2D eigenvalue weighted by Crippen LogP contribution is -2.51. The van der Waals surface area contributed by atoms with Crippen LogP contribution in [0.1, 0.15) is 30.1 Å². The van der Waals surface area contributed by atoms with Crippen molar-refractivity contribution in [1.82, 2.24) is 10.3 Å². The predicted octanol–water partition coefficient (Wildman–Crippen LogP) is 2.69. The number of halogens is 2. The molecular formula is C12H14Cl2N2O2. The van der Waals surface area contributed by atoms with Gasteiger partial charge in [-0.3, -0.25) is 4.79 Å². The van der Waals surface area contributed by atoms with E-state index in [-0.39, 0.29) is 21.8 Å². The minimum Gasteiger partial charge on any atom is -0.379 e. The molecule has 2 rings (SSSR count). The first kappa shape index (κ1) is 13.6. The van der Waals surface area contributed by atoms with Gasteiger partial charge in [0.1, 0.15) is 10.3 Å². The summed E-state index contributed by atoms with van der Waals surface area (Å²) in [5, 5.41) is 3.32. The van der Waals surface area contributed by atoms with Gasteiger partial charge in [-0.2, -0.15) is 0 Å². The number of aromatic nitrogens is 1. The topological polar surface area (TPSA) is 51.2 Å². The summed E-state index contributed by atoms with van der Waals surface area (Å²) in [7, 11) is 0. The number of hydrogen-bond acceptors (Lipinski definition) is 3. The number of pyridine rings is 1. The molecule has 0 radical (unpaired) electrons. The van der Waals surface area contributed by atoms with Crippen molar-refractivity contribution in [3.05, 3.63) is 28.0 Å². The van der Waals surface area contributed by atoms with Crippen molar-refractivity contribution in [3.63, 3.8) is 0 Å². The summed E-state index contributed by atoms with van der Waals surface area (Å²) in [5.74, 6) is -0.253. The second kappa shape index (κ2) is 5.43. The summed E-state index contributed by atoms with van der Waals surface area (Å²) in [4.78, 5) is 16.0. The zero-order chi connectivity index (χ0) is 13.2. The van der Waals surface area contributed by atoms with Crippen LogP contribution in [0.5, 0.6) is 0 Å². The lowest BCUT2D eigenvalue weighted by Gasteiger charge is -2.34. The summed E-state index contributed by atoms with van der Waals surface area (Å²) in [6, 6.07) is 3.11. The van der Waals surface area contributed by atoms with Crippen LogP contribution in [0.25, 0.3) is 0 Å². The Bertz CT molecular complexity index is 459. The summed E-state index contributed by atoms with van der Waals surface area (Å²) < 4.78 is 5.39. The van der Waals surface area contributed by atoms with Crippen molar-refractivity contribution in [2.24, 2.45) is 0 Å². The van der Waals surface area contributed by atoms with E-state index < -0.39 is 0 Å². The third-order valence-corrected chi connectivity index (χ3v) is 3.41. The van der Waals surface area contributed by atoms with Crippen molar-refractivity contribution in [2.75, 3.05) is 13.2 Å². The highest BCUT2D eigenvalue weighted by atomic mass is 35.5. The van der Waals surface area contributed by atoms with E-state index in [4.69, 9.17) is 27.9 Å². The fourth-order valence-corrected chi connectivity index (χ4v) is 2.39. The molecule has 0 aromatic carbocycles. The first-order chi connectivity index (χ1) is 8.50. The van der Waals surface area contributed by atoms with Gasteiger partial charge in [0.15, 0.2) is 0 Å². The fourth-order valence-electron chi connectivity index (χ4n) is 1.96. The van der Waals surface area contributed by atoms with Gasteiger partial charge in [-0.05, 0) is 31.9 Å². The third-order valence-electron chi connectivity index (χ3n) is 2.91. The highest BCUT2D eigenvalue weighted by Crippen LogP contribution is 2.21. The van der Waals surface area contributed by atoms with E-state index in [0.29, 0.717) is 12.2 Å². The zero-order valence-electron chi connectivity index (χ0n) is 10.0. The Balaban J connectivity index is 2.11. The van der Waals surface area contributed by atoms with Crippen molar-refractivity contribution in [2.45, 2.75) is 25.3 Å². The average Bonchev–Trinajstić information content (AvgIpc) is 2.28. The van der Waals surface area contributed by atoms with Crippen molar-refractivity contribution < 1.29 is 9.53 Å². The maximum atomic E-state index is 12.1. The summed E-state index contributed by atoms with van der Waals surface area (Å²) >= 11 is 11.6. The van der Waals surface area contributed by atoms with Gasteiger partial charge in [-0.15, -0.1) is 0 Å². The number of amides is 1. The Labute approximate surface area is 116 Å². The van der Waals surface area contributed by atoms with Gasteiger partial charge in [0.2, 0.25) is 0 Å². The van der Waals surface area contributed by atoms with Crippen molar-refractivity contribution in [3.8, 4) is 0 Å². The number of carbonyl (C=O) groups is 1. The maximum Gasteiger partial charge on any atom is 0.254 e. The first-order valence-electron chi connectivity index (χ1n) is 5.72. The molecule has 1 amide bonds. The second-order valence-corrected chi connectivity index (χ2v) is 5.39. The SMILES string of the molecule is CC1(NC(=O)c2ccc(Cl)nc2Cl)CCCOC1. The molecule has 98 valence electrons. The standard InChI is InChI=1S/C12H14Cl2N2O2/c1-12(5-2-6-18-7-12)16-11(17)8-3-4-9(13)15-10(8)14/h3-4H,2,5-7H2,1H3,(H,16,17). The van der Waals surface area contributed by atoms with Crippen molar-refractivity contribution in [1.29, 1.82) is 0 Å². The van der Waals surface area contributed by atoms with Crippen LogP contribution in [0.3, 0.4) is 0 Å². The molecule has 1 aromatic rings. The molecule has 6 heteroatoms. The Morgan fingerprint density at radius 3 is 2.89 bits per heavy atom. The highest BCUT2D eigenvalue weighted by molar-refractivity contribution is 6.34. The Morgan fingerprint density at radius 2 is 2.28 bits per heavy atom. The van der Waals surface area contributed by atoms with E-state index in [0.717, 1.165) is 19.4 Å². The van der Waals surface area contributed by atoms with E-state index in [1.165, 1.54) is 0 Å². The molecule has 1 atom stereocenters. The van der Waals surface area contributed by atoms with Gasteiger partial charge in [-0.25, -0.2) is 4.98 Å². The number of nitrogens with zero attached hydrogens (tertiary/aromatic N) is 1. The van der Waals surface area contributed by atoms with Gasteiger partial charge in [0.25, 0.3) is 5.91 Å². The fraction of sp³-hybridized carbons (Fsp3) is 0.500. The molecule has 1 aromatic heterocycles. The molecule has 18 heavy (non-hydrogen) atoms. The Morgan fingerprint density at radius 1 is 1.50 bits per heavy atom. The van der Waals surface area contributed by atoms with E-state index in [2.05, 4.69) is 10.3 Å². The smallest absolute Gasteiger partial charge is 0.254 e. The molecular weight excluding hydrogens is 275 g/mol. The largest absolute Gasteiger partial charge is 0.379 e. The second-order valence-electron chi connectivity index (χ2n) is 4.64. The van der Waals surface area contributed by atoms with Crippen LogP contribution >= 0.6 is 23.2 Å². The predicted molar refractivity (Wildman–Crippen MR) is 70.2 cm³/mol. The lowest BCUT2D eigenvalue weighted by molar-refractivity contribution is 0.0272. The molecule has 1 saturated heterocycles. The van der Waals surface area contributed by atoms with Gasteiger partial charge >= 0.3 is 0 Å². The van der Waals surface area contributed by atoms with Crippen LogP contribution in [0, 0.1) is 0 Å². The molecule has 1 aliphatic rings. The number of hydrogen-bond donors (Lipinski definition) is 1. The molecule has 1 aliphatic heterocycles. The summed E-state index contributed by atoms with van der Waals surface area (Å²) in [6.07, 6.45) is 1.82. The third kappa shape index (κ3) is 3.13. The monoisotopic (exact) mass is 288 g/mol. The summed E-state index contributed by atoms with van der Waals surface area (Å²) in [5.41, 5.74) is -0.0222. The van der Waals surface area contributed by atoms with E-state index in [9.17, 15) is 4.79 Å². The molecule has 2 heterocycles. The Kier molecular flexibility index (Phi) is 4.10. The van der Waals surface area contributed by atoms with Gasteiger partial charge in [0.05, 0.1) is 17.7 Å². The number of nitrogens with one attached hydrogen (secondary N) is 1. The quantitative estimate of drug-likeness (QED) is 0.852. The minimum absolute atomic E-state index is 0.111. The molecule has 0 aliphatic carbocycles. The number of carbonyl (C=O) groups excluding carboxylic acids is 1. The summed E-state index contributed by atoms with van der Waals surface area (Å²) in [6.45, 7) is 3.22. The van der Waals surface area contributed by atoms with Crippen LogP contribution in [-0.4, -0.2) is 29.6 Å². The molecule has 1 unspecified atom stereocenters. The van der Waals surface area contributed by atoms with Crippen molar-refractivity contribution >= 4 is 29.1 Å². The number of rotatable bonds is 2. The van der Waals surface area contributed by atoms with Crippen LogP contribution in [-0.2, 0) is 4.74 Å². The van der Waals surface area contributed by atoms with Crippen LogP contribution < -0.4 is 5.32 Å². The molecule has 4 nitrogen and oxygen atoms in total. The zero-order valence-corrected chi connectivity index (χ0v) is 11.5. The molecule has 0 spiro atoms. The van der Waals surface area contributed by atoms with E-state index >= 15 is 0 Å². The molecule has 0 bridgehead atoms. The minimum atomic E-state index is -0.349. The normalized spacial score (nSPS) is 23.7. The molecule has 1 fully saturated rings. The van der Waals surface area contributed by atoms with Crippen LogP contribution in [0.15, 0.2) is 12.1 Å². The first-order valence-corrected chi connectivity index (χ1v) is 6.48. The van der Waals surface area contributed by atoms with E-state index in [1.54, 1.807) is 12.1 Å². The number of ether oxygens (including phenoxy) is 1. The van der Waals surface area contributed by atoms with Gasteiger partial charge in [-0.1, -0.05) is 23.2 Å². The average molecular weight is 289 g/mol. The van der Waals surface area contributed by atoms with Crippen LogP contribution in [0.2, 0.25) is 10.3 Å². The molecule has 0 saturated carbocycles.